The van der Waals surface area contributed by atoms with Gasteiger partial charge in [0, 0.05) is 5.39 Å². The van der Waals surface area contributed by atoms with Gasteiger partial charge >= 0.3 is 0 Å². The highest BCUT2D eigenvalue weighted by Gasteiger charge is 2.12. The number of hydrogen-bond acceptors (Lipinski definition) is 4. The molecule has 4 nitrogen and oxygen atoms in total. The number of ether oxygens (including phenoxy) is 2. The zero-order valence-corrected chi connectivity index (χ0v) is 9.93. The van der Waals surface area contributed by atoms with Gasteiger partial charge in [-0.1, -0.05) is 5.92 Å². The Kier molecular flexibility index (Phi) is 3.66. The number of methoxy groups -OCH3 is 1. The summed E-state index contributed by atoms with van der Waals surface area (Å²) >= 11 is 0. The number of hydrogen-bond donors (Lipinski definition) is 0. The van der Waals surface area contributed by atoms with Gasteiger partial charge < -0.3 is 13.9 Å². The van der Waals surface area contributed by atoms with Crippen LogP contribution in [0.2, 0.25) is 0 Å². The molecule has 0 radical (unpaired) electrons. The minimum absolute atomic E-state index is 0.223. The molecule has 0 atom stereocenters. The molecule has 0 saturated carbocycles. The summed E-state index contributed by atoms with van der Waals surface area (Å²) in [5.74, 6) is 3.48. The molecule has 0 saturated heterocycles. The molecule has 0 aliphatic rings. The van der Waals surface area contributed by atoms with Gasteiger partial charge in [-0.15, -0.1) is 6.42 Å². The quantitative estimate of drug-likeness (QED) is 0.460. The number of fused-ring (bicyclic) bond motifs is 1. The minimum Gasteiger partial charge on any atom is -0.496 e. The van der Waals surface area contributed by atoms with E-state index in [4.69, 9.17) is 20.3 Å². The molecule has 2 rings (SSSR count). The highest BCUT2D eigenvalue weighted by molar-refractivity contribution is 5.97. The van der Waals surface area contributed by atoms with E-state index in [2.05, 4.69) is 5.92 Å². The summed E-state index contributed by atoms with van der Waals surface area (Å²) in [5, 5.41) is 0.831. The van der Waals surface area contributed by atoms with Crippen molar-refractivity contribution in [1.29, 1.82) is 0 Å². The number of aldehydes is 1. The number of terminal acetylenes is 1. The maximum atomic E-state index is 11.1. The third kappa shape index (κ3) is 2.22. The largest absolute Gasteiger partial charge is 0.496 e. The fraction of sp³-hybridized carbons (Fsp3) is 0.214. The van der Waals surface area contributed by atoms with Crippen LogP contribution in [0.1, 0.15) is 16.1 Å². The van der Waals surface area contributed by atoms with Crippen molar-refractivity contribution in [3.05, 3.63) is 29.5 Å². The van der Waals surface area contributed by atoms with E-state index in [9.17, 15) is 4.79 Å². The van der Waals surface area contributed by atoms with Crippen molar-refractivity contribution in [3.63, 3.8) is 0 Å². The fourth-order valence-electron chi connectivity index (χ4n) is 1.73. The van der Waals surface area contributed by atoms with Gasteiger partial charge in [0.25, 0.3) is 0 Å². The minimum atomic E-state index is 0.223. The van der Waals surface area contributed by atoms with E-state index in [1.807, 2.05) is 12.1 Å². The van der Waals surface area contributed by atoms with Gasteiger partial charge in [-0.2, -0.15) is 0 Å². The smallest absolute Gasteiger partial charge is 0.157 e. The molecule has 1 aromatic carbocycles. The lowest BCUT2D eigenvalue weighted by atomic mass is 10.1. The van der Waals surface area contributed by atoms with Gasteiger partial charge in [0.05, 0.1) is 12.7 Å². The number of carbonyl (C=O) groups excluding carboxylic acids is 1. The van der Waals surface area contributed by atoms with Crippen molar-refractivity contribution in [1.82, 2.24) is 0 Å². The lowest BCUT2D eigenvalue weighted by Gasteiger charge is -2.02. The lowest BCUT2D eigenvalue weighted by Crippen LogP contribution is -1.91. The zero-order valence-electron chi connectivity index (χ0n) is 9.93. The van der Waals surface area contributed by atoms with Gasteiger partial charge in [-0.25, -0.2) is 0 Å². The summed E-state index contributed by atoms with van der Waals surface area (Å²) in [6.07, 6.45) is 5.80. The van der Waals surface area contributed by atoms with Crippen LogP contribution in [0.25, 0.3) is 11.0 Å². The molecule has 0 unspecified atom stereocenters. The molecule has 0 N–H and O–H groups in total. The Morgan fingerprint density at radius 1 is 1.50 bits per heavy atom. The monoisotopic (exact) mass is 244 g/mol. The number of rotatable bonds is 5. The molecule has 1 aromatic heterocycles. The summed E-state index contributed by atoms with van der Waals surface area (Å²) < 4.78 is 15.9. The molecule has 18 heavy (non-hydrogen) atoms. The zero-order chi connectivity index (χ0) is 13.0. The standard InChI is InChI=1S/C14H12O4/c1-3-6-17-9-11-7-10-4-5-13(16-2)12(8-15)14(10)18-11/h1,4-5,7-8H,6,9H2,2H3. The Hall–Kier alpha value is -2.25. The summed E-state index contributed by atoms with van der Waals surface area (Å²) in [5.41, 5.74) is 0.904. The third-order valence-corrected chi connectivity index (χ3v) is 2.50. The van der Waals surface area contributed by atoms with Crippen molar-refractivity contribution in [3.8, 4) is 18.1 Å². The van der Waals surface area contributed by atoms with Crippen LogP contribution in [-0.2, 0) is 11.3 Å². The molecule has 0 aliphatic heterocycles. The average Bonchev–Trinajstić information content (AvgIpc) is 2.80. The number of benzene rings is 1. The van der Waals surface area contributed by atoms with Crippen molar-refractivity contribution in [2.24, 2.45) is 0 Å². The topological polar surface area (TPSA) is 48.7 Å². The first-order valence-corrected chi connectivity index (χ1v) is 5.36. The Labute approximate surface area is 104 Å². The van der Waals surface area contributed by atoms with Crippen LogP contribution >= 0.6 is 0 Å². The second kappa shape index (κ2) is 5.39. The SMILES string of the molecule is C#CCOCc1cc2ccc(OC)c(C=O)c2o1. The average molecular weight is 244 g/mol. The summed E-state index contributed by atoms with van der Waals surface area (Å²) in [6.45, 7) is 0.500. The first kappa shape index (κ1) is 12.2. The first-order valence-electron chi connectivity index (χ1n) is 5.36. The second-order valence-corrected chi connectivity index (χ2v) is 3.63. The summed E-state index contributed by atoms with van der Waals surface area (Å²) in [4.78, 5) is 11.1. The van der Waals surface area contributed by atoms with Crippen LogP contribution in [0, 0.1) is 12.3 Å². The van der Waals surface area contributed by atoms with Crippen molar-refractivity contribution < 1.29 is 18.7 Å². The van der Waals surface area contributed by atoms with Crippen molar-refractivity contribution >= 4 is 17.3 Å². The molecule has 0 aliphatic carbocycles. The molecular formula is C14H12O4. The van der Waals surface area contributed by atoms with Gasteiger partial charge in [0.15, 0.2) is 6.29 Å². The molecular weight excluding hydrogens is 232 g/mol. The Bertz CT molecular complexity index is 604. The van der Waals surface area contributed by atoms with Crippen LogP contribution < -0.4 is 4.74 Å². The van der Waals surface area contributed by atoms with Crippen LogP contribution in [0.5, 0.6) is 5.75 Å². The van der Waals surface area contributed by atoms with Crippen molar-refractivity contribution in [2.75, 3.05) is 13.7 Å². The van der Waals surface area contributed by atoms with Gasteiger partial charge in [-0.3, -0.25) is 4.79 Å². The van der Waals surface area contributed by atoms with E-state index in [0.717, 1.165) is 11.7 Å². The molecule has 2 aromatic rings. The summed E-state index contributed by atoms with van der Waals surface area (Å²) in [7, 11) is 1.51. The van der Waals surface area contributed by atoms with Crippen LogP contribution in [-0.4, -0.2) is 20.0 Å². The molecule has 0 amide bonds. The van der Waals surface area contributed by atoms with Crippen LogP contribution in [0.4, 0.5) is 0 Å². The first-order chi connectivity index (χ1) is 8.80. The van der Waals surface area contributed by atoms with E-state index in [-0.39, 0.29) is 13.2 Å². The molecule has 0 spiro atoms. The highest BCUT2D eigenvalue weighted by atomic mass is 16.5. The maximum absolute atomic E-state index is 11.1. The van der Waals surface area contributed by atoms with Crippen LogP contribution in [0.15, 0.2) is 22.6 Å². The van der Waals surface area contributed by atoms with E-state index >= 15 is 0 Å². The van der Waals surface area contributed by atoms with E-state index in [1.165, 1.54) is 7.11 Å². The van der Waals surface area contributed by atoms with Crippen LogP contribution in [0.3, 0.4) is 0 Å². The second-order valence-electron chi connectivity index (χ2n) is 3.63. The maximum Gasteiger partial charge on any atom is 0.157 e. The van der Waals surface area contributed by atoms with Crippen molar-refractivity contribution in [2.45, 2.75) is 6.61 Å². The molecule has 4 heteroatoms. The number of furan rings is 1. The molecule has 92 valence electrons. The van der Waals surface area contributed by atoms with Gasteiger partial charge in [0.1, 0.15) is 30.3 Å². The normalized spacial score (nSPS) is 10.2. The number of carbonyl (C=O) groups is 1. The summed E-state index contributed by atoms with van der Waals surface area (Å²) in [6, 6.07) is 5.38. The van der Waals surface area contributed by atoms with E-state index in [1.54, 1.807) is 6.07 Å². The Balaban J connectivity index is 2.38. The van der Waals surface area contributed by atoms with Gasteiger partial charge in [-0.05, 0) is 18.2 Å². The Morgan fingerprint density at radius 3 is 3.00 bits per heavy atom. The van der Waals surface area contributed by atoms with E-state index in [0.29, 0.717) is 22.7 Å². The molecule has 0 fully saturated rings. The molecule has 0 bridgehead atoms. The predicted molar refractivity (Wildman–Crippen MR) is 66.6 cm³/mol. The fourth-order valence-corrected chi connectivity index (χ4v) is 1.73. The predicted octanol–water partition coefficient (Wildman–Crippen LogP) is 2.40. The Morgan fingerprint density at radius 2 is 2.33 bits per heavy atom. The third-order valence-electron chi connectivity index (χ3n) is 2.50. The van der Waals surface area contributed by atoms with Gasteiger partial charge in [0.2, 0.25) is 0 Å². The van der Waals surface area contributed by atoms with E-state index < -0.39 is 0 Å². The lowest BCUT2D eigenvalue weighted by molar-refractivity contribution is 0.112. The molecule has 1 heterocycles. The highest BCUT2D eigenvalue weighted by Crippen LogP contribution is 2.29.